The zero-order valence-corrected chi connectivity index (χ0v) is 10.8. The number of hydrogen-bond acceptors (Lipinski definition) is 7. The van der Waals surface area contributed by atoms with Crippen LogP contribution in [-0.4, -0.2) is 70.2 Å². The van der Waals surface area contributed by atoms with Crippen LogP contribution < -0.4 is 16.4 Å². The zero-order valence-electron chi connectivity index (χ0n) is 9.94. The number of amides is 2. The first kappa shape index (κ1) is 17.6. The third-order valence-corrected chi connectivity index (χ3v) is 2.51. The lowest BCUT2D eigenvalue weighted by Gasteiger charge is -2.20. The van der Waals surface area contributed by atoms with Crippen LogP contribution in [0.15, 0.2) is 0 Å². The molecule has 19 heavy (non-hydrogen) atoms. The molecular formula is C9H17N3O6S. The van der Waals surface area contributed by atoms with E-state index in [0.717, 1.165) is 0 Å². The van der Waals surface area contributed by atoms with Gasteiger partial charge in [0.15, 0.2) is 0 Å². The van der Waals surface area contributed by atoms with Crippen molar-refractivity contribution >= 4 is 30.4 Å². The van der Waals surface area contributed by atoms with Gasteiger partial charge in [0.1, 0.15) is 18.1 Å². The van der Waals surface area contributed by atoms with E-state index in [4.69, 9.17) is 21.1 Å². The van der Waals surface area contributed by atoms with E-state index >= 15 is 0 Å². The number of aliphatic hydroxyl groups is 2. The van der Waals surface area contributed by atoms with Crippen LogP contribution in [0.4, 0.5) is 0 Å². The van der Waals surface area contributed by atoms with Crippen LogP contribution >= 0.6 is 12.6 Å². The van der Waals surface area contributed by atoms with E-state index in [1.54, 1.807) is 0 Å². The minimum absolute atomic E-state index is 0.104. The van der Waals surface area contributed by atoms with Crippen molar-refractivity contribution < 1.29 is 29.7 Å². The molecule has 7 N–H and O–H groups in total. The van der Waals surface area contributed by atoms with Gasteiger partial charge in [-0.05, 0) is 0 Å². The van der Waals surface area contributed by atoms with Crippen molar-refractivity contribution in [1.29, 1.82) is 0 Å². The monoisotopic (exact) mass is 295 g/mol. The maximum absolute atomic E-state index is 11.6. The molecule has 0 bridgehead atoms. The van der Waals surface area contributed by atoms with Crippen molar-refractivity contribution in [3.63, 3.8) is 0 Å². The summed E-state index contributed by atoms with van der Waals surface area (Å²) in [6, 6.07) is -3.79. The number of hydrogen-bond donors (Lipinski definition) is 7. The fraction of sp³-hybridized carbons (Fsp3) is 0.667. The maximum atomic E-state index is 11.6. The molecule has 0 aromatic heterocycles. The number of nitrogens with one attached hydrogen (secondary N) is 2. The minimum Gasteiger partial charge on any atom is -0.480 e. The standard InChI is InChI=1S/C9H17N3O6S/c10-4(1-13)7(15)12-6(3-19)8(16)11-5(2-14)9(17)18/h4-6,13-14,19H,1-3,10H2,(H,11,16)(H,12,15)(H,17,18)/t4-,5-,6-/m0/s1. The Morgan fingerprint density at radius 3 is 1.95 bits per heavy atom. The van der Waals surface area contributed by atoms with Crippen LogP contribution in [0.5, 0.6) is 0 Å². The zero-order chi connectivity index (χ0) is 15.0. The average molecular weight is 295 g/mol. The van der Waals surface area contributed by atoms with Crippen LogP contribution in [-0.2, 0) is 14.4 Å². The van der Waals surface area contributed by atoms with Gasteiger partial charge in [0.2, 0.25) is 11.8 Å². The minimum atomic E-state index is -1.47. The summed E-state index contributed by atoms with van der Waals surface area (Å²) < 4.78 is 0. The number of thiol groups is 1. The number of carbonyl (C=O) groups excluding carboxylic acids is 2. The molecule has 0 heterocycles. The van der Waals surface area contributed by atoms with Crippen molar-refractivity contribution in [2.45, 2.75) is 18.1 Å². The number of carboxylic acid groups (broad SMARTS) is 1. The van der Waals surface area contributed by atoms with Gasteiger partial charge < -0.3 is 31.7 Å². The first-order valence-electron chi connectivity index (χ1n) is 5.29. The summed E-state index contributed by atoms with van der Waals surface area (Å²) in [5.41, 5.74) is 5.24. The molecule has 3 atom stereocenters. The number of aliphatic hydroxyl groups excluding tert-OH is 2. The maximum Gasteiger partial charge on any atom is 0.328 e. The Morgan fingerprint density at radius 1 is 1.05 bits per heavy atom. The van der Waals surface area contributed by atoms with Crippen molar-refractivity contribution in [2.24, 2.45) is 5.73 Å². The lowest BCUT2D eigenvalue weighted by Crippen LogP contribution is -2.56. The Bertz CT molecular complexity index is 340. The van der Waals surface area contributed by atoms with Crippen molar-refractivity contribution in [2.75, 3.05) is 19.0 Å². The van der Waals surface area contributed by atoms with E-state index in [-0.39, 0.29) is 5.75 Å². The summed E-state index contributed by atoms with van der Waals surface area (Å²) in [4.78, 5) is 33.6. The van der Waals surface area contributed by atoms with E-state index in [2.05, 4.69) is 17.9 Å². The van der Waals surface area contributed by atoms with E-state index < -0.39 is 49.1 Å². The number of nitrogens with two attached hydrogens (primary N) is 1. The molecule has 0 saturated carbocycles. The molecular weight excluding hydrogens is 278 g/mol. The van der Waals surface area contributed by atoms with Crippen molar-refractivity contribution in [3.8, 4) is 0 Å². The summed E-state index contributed by atoms with van der Waals surface area (Å²) in [6.45, 7) is -1.38. The van der Waals surface area contributed by atoms with Crippen LogP contribution in [0, 0.1) is 0 Å². The Balaban J connectivity index is 4.56. The van der Waals surface area contributed by atoms with Crippen LogP contribution in [0.2, 0.25) is 0 Å². The number of carboxylic acids is 1. The lowest BCUT2D eigenvalue weighted by atomic mass is 10.2. The normalized spacial score (nSPS) is 15.2. The Morgan fingerprint density at radius 2 is 1.58 bits per heavy atom. The molecule has 0 spiro atoms. The predicted molar refractivity (Wildman–Crippen MR) is 67.5 cm³/mol. The Labute approximate surface area is 114 Å². The molecule has 110 valence electrons. The van der Waals surface area contributed by atoms with E-state index in [9.17, 15) is 14.4 Å². The fourth-order valence-electron chi connectivity index (χ4n) is 1.01. The van der Waals surface area contributed by atoms with Gasteiger partial charge in [-0.1, -0.05) is 0 Å². The summed E-state index contributed by atoms with van der Waals surface area (Å²) in [5, 5.41) is 30.3. The summed E-state index contributed by atoms with van der Waals surface area (Å²) >= 11 is 3.84. The molecule has 0 aliphatic rings. The van der Waals surface area contributed by atoms with Crippen molar-refractivity contribution in [3.05, 3.63) is 0 Å². The van der Waals surface area contributed by atoms with E-state index in [1.807, 2.05) is 5.32 Å². The molecule has 0 radical (unpaired) electrons. The summed E-state index contributed by atoms with van der Waals surface area (Å²) in [7, 11) is 0. The van der Waals surface area contributed by atoms with Gasteiger partial charge in [-0.25, -0.2) is 4.79 Å². The van der Waals surface area contributed by atoms with E-state index in [1.165, 1.54) is 0 Å². The number of carbonyl (C=O) groups is 3. The van der Waals surface area contributed by atoms with Gasteiger partial charge in [0.05, 0.1) is 13.2 Å². The largest absolute Gasteiger partial charge is 0.480 e. The third kappa shape index (κ3) is 5.87. The third-order valence-electron chi connectivity index (χ3n) is 2.15. The molecule has 0 aliphatic heterocycles. The first-order chi connectivity index (χ1) is 8.87. The molecule has 10 heteroatoms. The molecule has 0 rings (SSSR count). The molecule has 0 aliphatic carbocycles. The highest BCUT2D eigenvalue weighted by Gasteiger charge is 2.26. The summed E-state index contributed by atoms with van der Waals surface area (Å²) in [5.74, 6) is -3.11. The lowest BCUT2D eigenvalue weighted by molar-refractivity contribution is -0.143. The smallest absolute Gasteiger partial charge is 0.328 e. The predicted octanol–water partition coefficient (Wildman–Crippen LogP) is -3.72. The first-order valence-corrected chi connectivity index (χ1v) is 5.92. The molecule has 0 aromatic carbocycles. The molecule has 0 unspecified atom stereocenters. The van der Waals surface area contributed by atoms with Gasteiger partial charge in [0.25, 0.3) is 0 Å². The van der Waals surface area contributed by atoms with Crippen LogP contribution in [0.1, 0.15) is 0 Å². The van der Waals surface area contributed by atoms with E-state index in [0.29, 0.717) is 0 Å². The topological polar surface area (TPSA) is 162 Å². The Hall–Kier alpha value is -1.36. The Kier molecular flexibility index (Phi) is 8.07. The number of rotatable bonds is 8. The highest BCUT2D eigenvalue weighted by molar-refractivity contribution is 7.80. The van der Waals surface area contributed by atoms with Crippen molar-refractivity contribution in [1.82, 2.24) is 10.6 Å². The second-order valence-electron chi connectivity index (χ2n) is 3.61. The van der Waals surface area contributed by atoms with Gasteiger partial charge in [0, 0.05) is 5.75 Å². The molecule has 2 amide bonds. The van der Waals surface area contributed by atoms with Gasteiger partial charge >= 0.3 is 5.97 Å². The SMILES string of the molecule is N[C@@H](CO)C(=O)N[C@@H](CS)C(=O)N[C@@H](CO)C(=O)O. The second-order valence-corrected chi connectivity index (χ2v) is 3.98. The highest BCUT2D eigenvalue weighted by atomic mass is 32.1. The molecule has 0 saturated heterocycles. The van der Waals surface area contributed by atoms with Gasteiger partial charge in [-0.2, -0.15) is 12.6 Å². The molecule has 9 nitrogen and oxygen atoms in total. The van der Waals surface area contributed by atoms with Gasteiger partial charge in [-0.3, -0.25) is 9.59 Å². The fourth-order valence-corrected chi connectivity index (χ4v) is 1.27. The highest BCUT2D eigenvalue weighted by Crippen LogP contribution is 1.93. The van der Waals surface area contributed by atoms with Crippen LogP contribution in [0.3, 0.4) is 0 Å². The van der Waals surface area contributed by atoms with Crippen LogP contribution in [0.25, 0.3) is 0 Å². The molecule has 0 aromatic rings. The molecule has 0 fully saturated rings. The average Bonchev–Trinajstić information content (AvgIpc) is 2.39. The second kappa shape index (κ2) is 8.69. The quantitative estimate of drug-likeness (QED) is 0.226. The number of aliphatic carboxylic acids is 1. The van der Waals surface area contributed by atoms with Gasteiger partial charge in [-0.15, -0.1) is 0 Å². The summed E-state index contributed by atoms with van der Waals surface area (Å²) in [6.07, 6.45) is 0.